The number of benzene rings is 2. The number of carbonyl (C=O) groups is 3. The van der Waals surface area contributed by atoms with Gasteiger partial charge in [0.05, 0.1) is 17.4 Å². The number of aliphatic imine (C=N–C) groups is 2. The number of methoxy groups -OCH3 is 1. The molecule has 0 unspecified atom stereocenters. The van der Waals surface area contributed by atoms with Gasteiger partial charge in [-0.3, -0.25) is 19.4 Å². The fourth-order valence-corrected chi connectivity index (χ4v) is 5.09. The molecule has 2 aliphatic heterocycles. The second-order valence-corrected chi connectivity index (χ2v) is 9.84. The molecule has 0 fully saturated rings. The van der Waals surface area contributed by atoms with E-state index in [0.29, 0.717) is 49.2 Å². The van der Waals surface area contributed by atoms with Gasteiger partial charge in [0, 0.05) is 32.4 Å². The summed E-state index contributed by atoms with van der Waals surface area (Å²) in [5.74, 6) is -0.227. The molecule has 3 amide bonds. The van der Waals surface area contributed by atoms with Crippen LogP contribution in [0.4, 0.5) is 5.69 Å². The van der Waals surface area contributed by atoms with Crippen LogP contribution in [0, 0.1) is 0 Å². The molecule has 37 heavy (non-hydrogen) atoms. The summed E-state index contributed by atoms with van der Waals surface area (Å²) in [5.41, 5.74) is 2.38. The maximum Gasteiger partial charge on any atom is 0.259 e. The van der Waals surface area contributed by atoms with Crippen molar-refractivity contribution in [1.29, 1.82) is 0 Å². The molecular weight excluding hydrogens is 490 g/mol. The van der Waals surface area contributed by atoms with Gasteiger partial charge in [-0.15, -0.1) is 0 Å². The van der Waals surface area contributed by atoms with Crippen molar-refractivity contribution in [2.45, 2.75) is 44.0 Å². The number of rotatable bonds is 11. The first-order chi connectivity index (χ1) is 18.0. The van der Waals surface area contributed by atoms with Crippen LogP contribution in [0.1, 0.15) is 37.3 Å². The summed E-state index contributed by atoms with van der Waals surface area (Å²) in [6.07, 6.45) is 1.21. The zero-order valence-corrected chi connectivity index (χ0v) is 21.8. The highest BCUT2D eigenvalue weighted by Crippen LogP contribution is 2.35. The number of amidine groups is 2. The summed E-state index contributed by atoms with van der Waals surface area (Å²) < 4.78 is 5.04. The highest BCUT2D eigenvalue weighted by molar-refractivity contribution is 8.15. The minimum Gasteiger partial charge on any atom is -0.385 e. The van der Waals surface area contributed by atoms with Crippen LogP contribution in [0.3, 0.4) is 0 Å². The molecule has 2 aromatic carbocycles. The van der Waals surface area contributed by atoms with Gasteiger partial charge < -0.3 is 15.4 Å². The van der Waals surface area contributed by atoms with Crippen LogP contribution in [-0.4, -0.2) is 65.2 Å². The molecule has 0 bridgehead atoms. The molecule has 0 radical (unpaired) electrons. The monoisotopic (exact) mass is 521 g/mol. The smallest absolute Gasteiger partial charge is 0.259 e. The van der Waals surface area contributed by atoms with Crippen molar-refractivity contribution in [2.24, 2.45) is 9.98 Å². The number of amides is 3. The van der Waals surface area contributed by atoms with Crippen molar-refractivity contribution in [3.63, 3.8) is 0 Å². The van der Waals surface area contributed by atoms with Crippen molar-refractivity contribution in [1.82, 2.24) is 15.5 Å². The topological polar surface area (TPSA) is 112 Å². The quantitative estimate of drug-likeness (QED) is 0.442. The Bertz CT molecular complexity index is 1200. The highest BCUT2D eigenvalue weighted by atomic mass is 32.2. The van der Waals surface area contributed by atoms with Gasteiger partial charge in [0.25, 0.3) is 5.91 Å². The summed E-state index contributed by atoms with van der Waals surface area (Å²) in [4.78, 5) is 49.8. The van der Waals surface area contributed by atoms with Gasteiger partial charge in [-0.1, -0.05) is 61.2 Å². The van der Waals surface area contributed by atoms with Crippen LogP contribution in [0.25, 0.3) is 0 Å². The first-order valence-electron chi connectivity index (χ1n) is 12.4. The van der Waals surface area contributed by atoms with Crippen LogP contribution in [0.2, 0.25) is 0 Å². The zero-order valence-electron chi connectivity index (χ0n) is 21.0. The Morgan fingerprint density at radius 3 is 2.62 bits per heavy atom. The molecule has 0 saturated heterocycles. The molecule has 10 heteroatoms. The molecule has 0 spiro atoms. The molecule has 0 aliphatic carbocycles. The maximum atomic E-state index is 13.5. The average Bonchev–Trinajstić information content (AvgIpc) is 3.25. The van der Waals surface area contributed by atoms with Gasteiger partial charge in [-0.25, -0.2) is 9.89 Å². The molecule has 2 aromatic rings. The van der Waals surface area contributed by atoms with Crippen molar-refractivity contribution < 1.29 is 19.1 Å². The number of ether oxygens (including phenoxy) is 1. The number of hydrogen-bond donors (Lipinski definition) is 2. The van der Waals surface area contributed by atoms with E-state index in [-0.39, 0.29) is 24.1 Å². The summed E-state index contributed by atoms with van der Waals surface area (Å²) >= 11 is 1.24. The van der Waals surface area contributed by atoms with E-state index in [1.54, 1.807) is 7.11 Å². The molecule has 9 nitrogen and oxygen atoms in total. The van der Waals surface area contributed by atoms with Crippen molar-refractivity contribution in [3.05, 3.63) is 65.7 Å². The van der Waals surface area contributed by atoms with E-state index >= 15 is 0 Å². The minimum absolute atomic E-state index is 0.0665. The lowest BCUT2D eigenvalue weighted by molar-refractivity contribution is -0.128. The summed E-state index contributed by atoms with van der Waals surface area (Å²) in [7, 11) is 1.62. The Morgan fingerprint density at radius 1 is 1.11 bits per heavy atom. The Kier molecular flexibility index (Phi) is 9.08. The van der Waals surface area contributed by atoms with Gasteiger partial charge in [0.2, 0.25) is 11.8 Å². The Balaban J connectivity index is 1.48. The van der Waals surface area contributed by atoms with Gasteiger partial charge >= 0.3 is 0 Å². The fraction of sp³-hybridized carbons (Fsp3) is 0.370. The number of carbonyl (C=O) groups excluding carboxylic acids is 3. The largest absolute Gasteiger partial charge is 0.385 e. The Hall–Kier alpha value is -3.50. The summed E-state index contributed by atoms with van der Waals surface area (Å²) in [6.45, 7) is 3.37. The third-order valence-corrected chi connectivity index (χ3v) is 7.31. The third-order valence-electron chi connectivity index (χ3n) is 5.99. The van der Waals surface area contributed by atoms with E-state index in [9.17, 15) is 14.4 Å². The van der Waals surface area contributed by atoms with Crippen molar-refractivity contribution in [2.75, 3.05) is 20.3 Å². The van der Waals surface area contributed by atoms with Crippen LogP contribution in [-0.2, 0) is 25.7 Å². The molecular formula is C27H31N5O4S. The lowest BCUT2D eigenvalue weighted by atomic mass is 10.1. The van der Waals surface area contributed by atoms with Crippen molar-refractivity contribution >= 4 is 46.2 Å². The number of thioether (sulfide) groups is 1. The molecule has 194 valence electrons. The van der Waals surface area contributed by atoms with E-state index in [2.05, 4.69) is 15.6 Å². The van der Waals surface area contributed by atoms with Gasteiger partial charge in [0.1, 0.15) is 11.9 Å². The molecule has 0 aromatic heterocycles. The third kappa shape index (κ3) is 6.44. The second-order valence-electron chi connectivity index (χ2n) is 8.67. The number of nitrogens with zero attached hydrogens (tertiary/aromatic N) is 3. The van der Waals surface area contributed by atoms with E-state index in [0.717, 1.165) is 11.1 Å². The number of nitrogens with one attached hydrogen (secondary N) is 2. The Labute approximate surface area is 220 Å². The second kappa shape index (κ2) is 12.6. The molecule has 2 heterocycles. The summed E-state index contributed by atoms with van der Waals surface area (Å²) in [5, 5.41) is 5.76. The van der Waals surface area contributed by atoms with Crippen LogP contribution >= 0.6 is 11.8 Å². The molecule has 2 aliphatic rings. The predicted octanol–water partition coefficient (Wildman–Crippen LogP) is 3.02. The molecule has 2 atom stereocenters. The average molecular weight is 522 g/mol. The zero-order chi connectivity index (χ0) is 26.2. The lowest BCUT2D eigenvalue weighted by Crippen LogP contribution is -2.44. The first-order valence-corrected chi connectivity index (χ1v) is 13.2. The summed E-state index contributed by atoms with van der Waals surface area (Å²) in [6, 6.07) is 16.2. The maximum absolute atomic E-state index is 13.5. The molecule has 0 saturated carbocycles. The SMILES string of the molecule is CC[C@@H](SC1=Nc2ccccc2C2=N[C@H](CC(=O)NCc3ccccc3)C(=O)N12)C(=O)NCCCOC. The van der Waals surface area contributed by atoms with Gasteiger partial charge in [-0.05, 0) is 30.5 Å². The minimum atomic E-state index is -0.856. The van der Waals surface area contributed by atoms with E-state index in [1.807, 2.05) is 61.5 Å². The predicted molar refractivity (Wildman–Crippen MR) is 145 cm³/mol. The van der Waals surface area contributed by atoms with Crippen LogP contribution in [0.5, 0.6) is 0 Å². The van der Waals surface area contributed by atoms with Gasteiger partial charge in [0.15, 0.2) is 5.17 Å². The molecule has 4 rings (SSSR count). The number of fused-ring (bicyclic) bond motifs is 3. The highest BCUT2D eigenvalue weighted by Gasteiger charge is 2.43. The standard InChI is InChI=1S/C27H31N5O4S/c1-3-22(25(34)28-14-9-15-36-2)37-27-31-20-13-8-7-12-19(20)24-30-21(26(35)32(24)27)16-23(33)29-17-18-10-5-4-6-11-18/h4-8,10-13,21-22H,3,9,14-17H2,1-2H3,(H,28,34)(H,29,33)/t21-,22-/m1/s1. The van der Waals surface area contributed by atoms with E-state index < -0.39 is 11.3 Å². The van der Waals surface area contributed by atoms with Crippen LogP contribution < -0.4 is 10.6 Å². The lowest BCUT2D eigenvalue weighted by Gasteiger charge is -2.27. The fourth-order valence-electron chi connectivity index (χ4n) is 4.05. The number of hydrogen-bond acceptors (Lipinski definition) is 7. The first kappa shape index (κ1) is 26.6. The van der Waals surface area contributed by atoms with Crippen molar-refractivity contribution in [3.8, 4) is 0 Å². The number of para-hydroxylation sites is 1. The van der Waals surface area contributed by atoms with Crippen LogP contribution in [0.15, 0.2) is 64.6 Å². The van der Waals surface area contributed by atoms with E-state index in [1.165, 1.54) is 16.7 Å². The molecule has 2 N–H and O–H groups in total. The normalized spacial score (nSPS) is 16.9. The Morgan fingerprint density at radius 2 is 1.86 bits per heavy atom. The van der Waals surface area contributed by atoms with E-state index in [4.69, 9.17) is 9.73 Å². The van der Waals surface area contributed by atoms with Gasteiger partial charge in [-0.2, -0.15) is 0 Å².